The number of benzene rings is 1. The van der Waals surface area contributed by atoms with Crippen molar-refractivity contribution in [1.29, 1.82) is 0 Å². The van der Waals surface area contributed by atoms with Gasteiger partial charge in [-0.1, -0.05) is 0 Å². The number of hydrogen-bond donors (Lipinski definition) is 1. The number of esters is 1. The first-order valence-electron chi connectivity index (χ1n) is 4.05. The van der Waals surface area contributed by atoms with Gasteiger partial charge in [-0.05, 0) is 28.1 Å². The molecular formula is C9H6BrFN2O2. The molecule has 0 atom stereocenters. The van der Waals surface area contributed by atoms with E-state index in [1.807, 2.05) is 0 Å². The first kappa shape index (κ1) is 10.1. The van der Waals surface area contributed by atoms with Gasteiger partial charge in [0.2, 0.25) is 0 Å². The van der Waals surface area contributed by atoms with Crippen LogP contribution >= 0.6 is 15.9 Å². The molecule has 1 aromatic heterocycles. The molecule has 2 aromatic rings. The molecule has 0 aliphatic carbocycles. The smallest absolute Gasteiger partial charge is 0.341 e. The minimum atomic E-state index is -0.722. The molecule has 4 nitrogen and oxygen atoms in total. The fourth-order valence-corrected chi connectivity index (χ4v) is 1.85. The Bertz CT molecular complexity index is 538. The number of rotatable bonds is 1. The SMILES string of the molecule is COC(=O)c1c(F)ccc2[nH]nc(Br)c12. The minimum absolute atomic E-state index is 0.115. The number of aromatic nitrogens is 2. The molecule has 6 heteroatoms. The molecule has 2 rings (SSSR count). The Labute approximate surface area is 92.5 Å². The molecule has 0 fully saturated rings. The van der Waals surface area contributed by atoms with E-state index in [4.69, 9.17) is 0 Å². The van der Waals surface area contributed by atoms with Crippen molar-refractivity contribution in [2.24, 2.45) is 0 Å². The summed E-state index contributed by atoms with van der Waals surface area (Å²) in [5, 5.41) is 6.89. The lowest BCUT2D eigenvalue weighted by molar-refractivity contribution is 0.0598. The second-order valence-electron chi connectivity index (χ2n) is 2.85. The van der Waals surface area contributed by atoms with Crippen molar-refractivity contribution in [1.82, 2.24) is 10.2 Å². The molecule has 0 saturated heterocycles. The molecule has 0 bridgehead atoms. The van der Waals surface area contributed by atoms with Crippen LogP contribution in [0.2, 0.25) is 0 Å². The van der Waals surface area contributed by atoms with Crippen LogP contribution in [-0.4, -0.2) is 23.3 Å². The van der Waals surface area contributed by atoms with E-state index >= 15 is 0 Å². The van der Waals surface area contributed by atoms with Gasteiger partial charge in [0, 0.05) is 0 Å². The van der Waals surface area contributed by atoms with Crippen LogP contribution in [0.25, 0.3) is 10.9 Å². The fourth-order valence-electron chi connectivity index (χ4n) is 1.35. The van der Waals surface area contributed by atoms with Gasteiger partial charge in [-0.15, -0.1) is 0 Å². The molecule has 1 heterocycles. The molecular weight excluding hydrogens is 267 g/mol. The van der Waals surface area contributed by atoms with Gasteiger partial charge in [-0.2, -0.15) is 5.10 Å². The Morgan fingerprint density at radius 2 is 2.33 bits per heavy atom. The van der Waals surface area contributed by atoms with Crippen LogP contribution in [-0.2, 0) is 4.74 Å². The van der Waals surface area contributed by atoms with Crippen LogP contribution in [0.5, 0.6) is 0 Å². The second-order valence-corrected chi connectivity index (χ2v) is 3.60. The standard InChI is InChI=1S/C9H6BrFN2O2/c1-15-9(14)6-4(11)2-3-5-7(6)8(10)13-12-5/h2-3H,1H3,(H,12,13). The average molecular weight is 273 g/mol. The van der Waals surface area contributed by atoms with Crippen molar-refractivity contribution in [3.05, 3.63) is 28.1 Å². The van der Waals surface area contributed by atoms with Crippen molar-refractivity contribution in [3.8, 4) is 0 Å². The number of aromatic amines is 1. The van der Waals surface area contributed by atoms with Crippen molar-refractivity contribution in [3.63, 3.8) is 0 Å². The molecule has 0 saturated carbocycles. The Kier molecular flexibility index (Phi) is 2.44. The number of methoxy groups -OCH3 is 1. The van der Waals surface area contributed by atoms with Gasteiger partial charge in [0.15, 0.2) is 0 Å². The zero-order valence-electron chi connectivity index (χ0n) is 7.67. The molecule has 0 radical (unpaired) electrons. The molecule has 1 aromatic carbocycles. The molecule has 15 heavy (non-hydrogen) atoms. The fraction of sp³-hybridized carbons (Fsp3) is 0.111. The number of fused-ring (bicyclic) bond motifs is 1. The maximum atomic E-state index is 13.5. The zero-order chi connectivity index (χ0) is 11.0. The molecule has 0 amide bonds. The van der Waals surface area contributed by atoms with Crippen LogP contribution in [0, 0.1) is 5.82 Å². The van der Waals surface area contributed by atoms with Crippen molar-refractivity contribution in [2.45, 2.75) is 0 Å². The van der Waals surface area contributed by atoms with Crippen molar-refractivity contribution < 1.29 is 13.9 Å². The quantitative estimate of drug-likeness (QED) is 0.811. The van der Waals surface area contributed by atoms with Gasteiger partial charge in [0.25, 0.3) is 0 Å². The van der Waals surface area contributed by atoms with Gasteiger partial charge < -0.3 is 4.74 Å². The Morgan fingerprint density at radius 3 is 3.00 bits per heavy atom. The van der Waals surface area contributed by atoms with E-state index in [1.165, 1.54) is 19.2 Å². The van der Waals surface area contributed by atoms with E-state index in [0.717, 1.165) is 0 Å². The molecule has 0 aliphatic rings. The number of H-pyrrole nitrogens is 1. The summed E-state index contributed by atoms with van der Waals surface area (Å²) in [6, 6.07) is 2.70. The van der Waals surface area contributed by atoms with Gasteiger partial charge in [-0.25, -0.2) is 9.18 Å². The monoisotopic (exact) mass is 272 g/mol. The molecule has 0 spiro atoms. The number of carbonyl (C=O) groups is 1. The summed E-state index contributed by atoms with van der Waals surface area (Å²) in [7, 11) is 1.20. The summed E-state index contributed by atoms with van der Waals surface area (Å²) in [5.74, 6) is -1.35. The lowest BCUT2D eigenvalue weighted by atomic mass is 10.1. The summed E-state index contributed by atoms with van der Waals surface area (Å²) < 4.78 is 18.3. The number of halogens is 2. The predicted molar refractivity (Wildman–Crippen MR) is 55.1 cm³/mol. The lowest BCUT2D eigenvalue weighted by Crippen LogP contribution is -2.05. The first-order valence-corrected chi connectivity index (χ1v) is 4.85. The zero-order valence-corrected chi connectivity index (χ0v) is 9.26. The number of hydrogen-bond acceptors (Lipinski definition) is 3. The van der Waals surface area contributed by atoms with E-state index < -0.39 is 11.8 Å². The van der Waals surface area contributed by atoms with Gasteiger partial charge in [0.05, 0.1) is 18.0 Å². The summed E-state index contributed by atoms with van der Waals surface area (Å²) in [5.41, 5.74) is 0.458. The number of nitrogens with zero attached hydrogens (tertiary/aromatic N) is 1. The highest BCUT2D eigenvalue weighted by Crippen LogP contribution is 2.27. The normalized spacial score (nSPS) is 10.6. The van der Waals surface area contributed by atoms with Gasteiger partial charge in [-0.3, -0.25) is 5.10 Å². The molecule has 1 N–H and O–H groups in total. The van der Waals surface area contributed by atoms with Crippen LogP contribution < -0.4 is 0 Å². The molecule has 78 valence electrons. The van der Waals surface area contributed by atoms with Crippen molar-refractivity contribution in [2.75, 3.05) is 7.11 Å². The number of carbonyl (C=O) groups excluding carboxylic acids is 1. The van der Waals surface area contributed by atoms with Crippen molar-refractivity contribution >= 4 is 32.8 Å². The Balaban J connectivity index is 2.84. The van der Waals surface area contributed by atoms with E-state index in [9.17, 15) is 9.18 Å². The van der Waals surface area contributed by atoms with E-state index in [1.54, 1.807) is 0 Å². The lowest BCUT2D eigenvalue weighted by Gasteiger charge is -2.02. The second kappa shape index (κ2) is 3.62. The predicted octanol–water partition coefficient (Wildman–Crippen LogP) is 2.25. The number of ether oxygens (including phenoxy) is 1. The maximum Gasteiger partial charge on any atom is 0.341 e. The molecule has 0 unspecified atom stereocenters. The third kappa shape index (κ3) is 1.50. The van der Waals surface area contributed by atoms with Crippen LogP contribution in [0.4, 0.5) is 4.39 Å². The summed E-state index contributed by atoms with van der Waals surface area (Å²) in [4.78, 5) is 11.4. The third-order valence-corrected chi connectivity index (χ3v) is 2.60. The molecule has 0 aliphatic heterocycles. The summed E-state index contributed by atoms with van der Waals surface area (Å²) in [6.07, 6.45) is 0. The van der Waals surface area contributed by atoms with Crippen LogP contribution in [0.3, 0.4) is 0 Å². The maximum absolute atomic E-state index is 13.5. The number of nitrogens with one attached hydrogen (secondary N) is 1. The highest BCUT2D eigenvalue weighted by Gasteiger charge is 2.19. The minimum Gasteiger partial charge on any atom is -0.465 e. The first-order chi connectivity index (χ1) is 7.15. The van der Waals surface area contributed by atoms with E-state index in [0.29, 0.717) is 15.5 Å². The third-order valence-electron chi connectivity index (χ3n) is 2.02. The van der Waals surface area contributed by atoms with Gasteiger partial charge >= 0.3 is 5.97 Å². The Morgan fingerprint density at radius 1 is 1.60 bits per heavy atom. The van der Waals surface area contributed by atoms with E-state index in [2.05, 4.69) is 30.9 Å². The topological polar surface area (TPSA) is 55.0 Å². The average Bonchev–Trinajstić information content (AvgIpc) is 2.60. The Hall–Kier alpha value is -1.43. The summed E-state index contributed by atoms with van der Waals surface area (Å²) >= 11 is 3.13. The van der Waals surface area contributed by atoms with Crippen LogP contribution in [0.1, 0.15) is 10.4 Å². The van der Waals surface area contributed by atoms with Crippen LogP contribution in [0.15, 0.2) is 16.7 Å². The van der Waals surface area contributed by atoms with Gasteiger partial charge in [0.1, 0.15) is 16.0 Å². The largest absolute Gasteiger partial charge is 0.465 e. The summed E-state index contributed by atoms with van der Waals surface area (Å²) in [6.45, 7) is 0. The highest BCUT2D eigenvalue weighted by atomic mass is 79.9. The highest BCUT2D eigenvalue weighted by molar-refractivity contribution is 9.10. The van der Waals surface area contributed by atoms with E-state index in [-0.39, 0.29) is 5.56 Å².